The highest BCUT2D eigenvalue weighted by atomic mass is 127. The third kappa shape index (κ3) is 3.58. The molecule has 0 aromatic heterocycles. The second-order valence-electron chi connectivity index (χ2n) is 10.7. The minimum Gasteiger partial charge on any atom is -0.507 e. The lowest BCUT2D eigenvalue weighted by molar-refractivity contribution is -0.123. The number of hydrogen-bond donors (Lipinski definition) is 1. The molecule has 6 rings (SSSR count). The van der Waals surface area contributed by atoms with Gasteiger partial charge in [-0.05, 0) is 109 Å². The molecule has 2 aromatic rings. The quantitative estimate of drug-likeness (QED) is 0.215. The number of nitrogens with zero attached hydrogens (tertiary/aromatic N) is 1. The van der Waals surface area contributed by atoms with Gasteiger partial charge in [-0.1, -0.05) is 23.8 Å². The van der Waals surface area contributed by atoms with Crippen LogP contribution < -0.4 is 4.90 Å². The van der Waals surface area contributed by atoms with Gasteiger partial charge in [0.15, 0.2) is 11.6 Å². The average molecular weight is 619 g/mol. The zero-order valence-electron chi connectivity index (χ0n) is 21.2. The van der Waals surface area contributed by atoms with E-state index in [-0.39, 0.29) is 41.5 Å². The maximum Gasteiger partial charge on any atom is 0.238 e. The van der Waals surface area contributed by atoms with Crippen molar-refractivity contribution in [1.29, 1.82) is 0 Å². The molecule has 1 N–H and O–H groups in total. The fourth-order valence-corrected chi connectivity index (χ4v) is 7.12. The lowest BCUT2D eigenvalue weighted by Crippen LogP contribution is -2.39. The van der Waals surface area contributed by atoms with Gasteiger partial charge in [0.05, 0.1) is 17.5 Å². The summed E-state index contributed by atoms with van der Waals surface area (Å²) in [5.41, 5.74) is 4.91. The summed E-state index contributed by atoms with van der Waals surface area (Å²) in [6.45, 7) is 5.26. The Hall–Kier alpha value is -3.33. The van der Waals surface area contributed by atoms with Gasteiger partial charge in [-0.3, -0.25) is 24.1 Å². The number of benzene rings is 2. The fraction of sp³-hybridized carbons (Fsp3) is 0.290. The second-order valence-corrected chi connectivity index (χ2v) is 12.0. The van der Waals surface area contributed by atoms with Crippen molar-refractivity contribution in [1.82, 2.24) is 0 Å². The Bertz CT molecular complexity index is 1540. The molecule has 1 heterocycles. The van der Waals surface area contributed by atoms with Crippen molar-refractivity contribution in [3.63, 3.8) is 0 Å². The Morgan fingerprint density at radius 3 is 2.24 bits per heavy atom. The highest BCUT2D eigenvalue weighted by Crippen LogP contribution is 2.55. The number of phenolic OH excluding ortho intramolecular Hbond substituents is 1. The van der Waals surface area contributed by atoms with Crippen molar-refractivity contribution in [3.8, 4) is 5.75 Å². The predicted molar refractivity (Wildman–Crippen MR) is 151 cm³/mol. The number of ketones is 2. The smallest absolute Gasteiger partial charge is 0.238 e. The summed E-state index contributed by atoms with van der Waals surface area (Å²) in [4.78, 5) is 55.6. The van der Waals surface area contributed by atoms with E-state index in [1.165, 1.54) is 11.0 Å². The molecular weight excluding hydrogens is 593 g/mol. The molecule has 7 heteroatoms. The minimum absolute atomic E-state index is 0.177. The van der Waals surface area contributed by atoms with Crippen molar-refractivity contribution in [2.45, 2.75) is 39.5 Å². The largest absolute Gasteiger partial charge is 0.507 e. The van der Waals surface area contributed by atoms with Crippen LogP contribution in [0.1, 0.15) is 42.4 Å². The summed E-state index contributed by atoms with van der Waals surface area (Å²) in [6, 6.07) is 11.0. The first-order chi connectivity index (χ1) is 18.1. The van der Waals surface area contributed by atoms with Gasteiger partial charge in [0, 0.05) is 26.2 Å². The number of anilines is 1. The standard InChI is InChI=1S/C31H26INO5/c1-14-10-17(11-15(2)28(14)35)25-20-8-9-21-26(22(20)13-23-27(25)24(34)12-16(3)29(23)36)31(38)33(30(21)37)19-6-4-18(32)5-7-19/h4-8,10-12,21-22,25-26,35H,9,13H2,1-3H3/t21-,22+,25-,26-/m0/s1. The monoisotopic (exact) mass is 619 g/mol. The molecule has 2 amide bonds. The van der Waals surface area contributed by atoms with E-state index in [0.717, 1.165) is 14.7 Å². The number of phenols is 1. The molecule has 0 bridgehead atoms. The number of halogens is 1. The molecule has 3 aliphatic carbocycles. The van der Waals surface area contributed by atoms with E-state index >= 15 is 0 Å². The number of rotatable bonds is 2. The summed E-state index contributed by atoms with van der Waals surface area (Å²) < 4.78 is 1.00. The van der Waals surface area contributed by atoms with E-state index in [2.05, 4.69) is 22.6 Å². The number of fused-ring (bicyclic) bond motifs is 3. The van der Waals surface area contributed by atoms with Crippen LogP contribution in [-0.2, 0) is 19.2 Å². The number of carbonyl (C=O) groups is 4. The Morgan fingerprint density at radius 2 is 1.58 bits per heavy atom. The molecule has 2 aromatic carbocycles. The van der Waals surface area contributed by atoms with E-state index in [0.29, 0.717) is 40.0 Å². The van der Waals surface area contributed by atoms with E-state index in [4.69, 9.17) is 0 Å². The highest BCUT2D eigenvalue weighted by Gasteiger charge is 2.56. The van der Waals surface area contributed by atoms with Gasteiger partial charge in [0.2, 0.25) is 11.8 Å². The van der Waals surface area contributed by atoms with Crippen LogP contribution in [0.2, 0.25) is 0 Å². The number of aromatic hydroxyl groups is 1. The van der Waals surface area contributed by atoms with Crippen LogP contribution in [0.25, 0.3) is 0 Å². The molecule has 0 saturated carbocycles. The highest BCUT2D eigenvalue weighted by molar-refractivity contribution is 14.1. The van der Waals surface area contributed by atoms with Crippen molar-refractivity contribution in [2.24, 2.45) is 17.8 Å². The molecule has 192 valence electrons. The van der Waals surface area contributed by atoms with Crippen LogP contribution in [-0.4, -0.2) is 28.5 Å². The predicted octanol–water partition coefficient (Wildman–Crippen LogP) is 5.25. The molecule has 38 heavy (non-hydrogen) atoms. The number of amides is 2. The summed E-state index contributed by atoms with van der Waals surface area (Å²) in [7, 11) is 0. The lowest BCUT2D eigenvalue weighted by Gasteiger charge is -2.42. The molecule has 4 atom stereocenters. The summed E-state index contributed by atoms with van der Waals surface area (Å²) in [5.74, 6) is -2.64. The molecule has 1 aliphatic heterocycles. The average Bonchev–Trinajstić information content (AvgIpc) is 3.14. The third-order valence-electron chi connectivity index (χ3n) is 8.49. The zero-order valence-corrected chi connectivity index (χ0v) is 23.4. The molecule has 1 saturated heterocycles. The van der Waals surface area contributed by atoms with Gasteiger partial charge in [-0.2, -0.15) is 0 Å². The first-order valence-corrected chi connectivity index (χ1v) is 13.8. The van der Waals surface area contributed by atoms with Crippen molar-refractivity contribution in [2.75, 3.05) is 4.90 Å². The Kier molecular flexibility index (Phi) is 5.83. The molecule has 0 spiro atoms. The molecule has 4 aliphatic rings. The van der Waals surface area contributed by atoms with Crippen LogP contribution in [0.4, 0.5) is 5.69 Å². The number of carbonyl (C=O) groups excluding carboxylic acids is 4. The topological polar surface area (TPSA) is 91.8 Å². The molecular formula is C31H26INO5. The van der Waals surface area contributed by atoms with Gasteiger partial charge < -0.3 is 5.11 Å². The second kappa shape index (κ2) is 8.86. The first-order valence-electron chi connectivity index (χ1n) is 12.7. The molecule has 1 fully saturated rings. The maximum atomic E-state index is 13.9. The van der Waals surface area contributed by atoms with Crippen LogP contribution in [0, 0.1) is 35.2 Å². The number of Topliss-reactive ketones (excluding diaryl/α,β-unsaturated/α-hetero) is 1. The van der Waals surface area contributed by atoms with Gasteiger partial charge in [0.1, 0.15) is 5.75 Å². The summed E-state index contributed by atoms with van der Waals surface area (Å²) >= 11 is 2.18. The van der Waals surface area contributed by atoms with E-state index in [1.54, 1.807) is 19.1 Å². The SMILES string of the molecule is CC1=CC(=O)C2=C(C[C@@H]3C(=CC[C@@H]4C(=O)N(c5ccc(I)cc5)C(=O)[C@@H]43)[C@@H]2c2cc(C)c(O)c(C)c2)C1=O. The van der Waals surface area contributed by atoms with Crippen molar-refractivity contribution >= 4 is 51.7 Å². The first kappa shape index (κ1) is 25.0. The Morgan fingerprint density at radius 1 is 0.921 bits per heavy atom. The number of imide groups is 1. The molecule has 0 unspecified atom stereocenters. The van der Waals surface area contributed by atoms with Gasteiger partial charge in [-0.25, -0.2) is 0 Å². The number of allylic oxidation sites excluding steroid dienone is 6. The summed E-state index contributed by atoms with van der Waals surface area (Å²) in [5, 5.41) is 10.4. The van der Waals surface area contributed by atoms with Crippen LogP contribution >= 0.6 is 22.6 Å². The van der Waals surface area contributed by atoms with Crippen LogP contribution in [0.3, 0.4) is 0 Å². The minimum atomic E-state index is -0.605. The molecule has 6 nitrogen and oxygen atoms in total. The zero-order chi connectivity index (χ0) is 27.0. The van der Waals surface area contributed by atoms with Crippen molar-refractivity contribution in [3.05, 3.63) is 91.1 Å². The van der Waals surface area contributed by atoms with Gasteiger partial charge >= 0.3 is 0 Å². The van der Waals surface area contributed by atoms with Gasteiger partial charge in [0.25, 0.3) is 0 Å². The lowest BCUT2D eigenvalue weighted by atomic mass is 9.59. The Balaban J connectivity index is 1.50. The Labute approximate surface area is 234 Å². The fourth-order valence-electron chi connectivity index (χ4n) is 6.76. The molecule has 0 radical (unpaired) electrons. The van der Waals surface area contributed by atoms with E-state index < -0.39 is 17.8 Å². The maximum absolute atomic E-state index is 13.9. The number of hydrogen-bond acceptors (Lipinski definition) is 5. The van der Waals surface area contributed by atoms with Crippen molar-refractivity contribution < 1.29 is 24.3 Å². The third-order valence-corrected chi connectivity index (χ3v) is 9.21. The van der Waals surface area contributed by atoms with Crippen LogP contribution in [0.5, 0.6) is 5.75 Å². The van der Waals surface area contributed by atoms with Gasteiger partial charge in [-0.15, -0.1) is 0 Å². The van der Waals surface area contributed by atoms with Crippen LogP contribution in [0.15, 0.2) is 70.8 Å². The van der Waals surface area contributed by atoms with E-state index in [9.17, 15) is 24.3 Å². The number of aryl methyl sites for hydroxylation is 2. The van der Waals surface area contributed by atoms with E-state index in [1.807, 2.05) is 44.2 Å². The summed E-state index contributed by atoms with van der Waals surface area (Å²) in [6.07, 6.45) is 4.07. The normalized spacial score (nSPS) is 26.7.